The normalized spacial score (nSPS) is 11.7. The van der Waals surface area contributed by atoms with E-state index in [-0.39, 0.29) is 12.8 Å². The summed E-state index contributed by atoms with van der Waals surface area (Å²) in [6, 6.07) is 0. The zero-order valence-electron chi connectivity index (χ0n) is 13.0. The number of rotatable bonds is 13. The van der Waals surface area contributed by atoms with E-state index in [1.165, 1.54) is 38.2 Å². The summed E-state index contributed by atoms with van der Waals surface area (Å²) in [5.74, 6) is -2.61. The second-order valence-corrected chi connectivity index (χ2v) is 5.42. The molecule has 0 atom stereocenters. The molecule has 4 nitrogen and oxygen atoms in total. The third-order valence-corrected chi connectivity index (χ3v) is 3.67. The molecule has 0 aliphatic heterocycles. The molecular weight excluding hydrogens is 268 g/mol. The van der Waals surface area contributed by atoms with Gasteiger partial charge in [-0.25, -0.2) is 0 Å². The number of aliphatic carboxylic acids is 2. The summed E-state index contributed by atoms with van der Waals surface area (Å²) in [6.07, 6.45) is 13.0. The van der Waals surface area contributed by atoms with E-state index in [0.29, 0.717) is 0 Å². The van der Waals surface area contributed by atoms with Crippen LogP contribution in [0.5, 0.6) is 0 Å². The highest BCUT2D eigenvalue weighted by Crippen LogP contribution is 2.29. The quantitative estimate of drug-likeness (QED) is 0.300. The SMILES string of the molecule is C=CCC(C/C=C/CCCCCCCC)(C(=O)O)C(=O)O. The van der Waals surface area contributed by atoms with Crippen LogP contribution in [0.3, 0.4) is 0 Å². The van der Waals surface area contributed by atoms with E-state index < -0.39 is 17.4 Å². The highest BCUT2D eigenvalue weighted by Gasteiger charge is 2.44. The van der Waals surface area contributed by atoms with E-state index in [4.69, 9.17) is 0 Å². The van der Waals surface area contributed by atoms with Crippen molar-refractivity contribution < 1.29 is 19.8 Å². The molecule has 0 aromatic carbocycles. The van der Waals surface area contributed by atoms with Crippen molar-refractivity contribution in [2.75, 3.05) is 0 Å². The predicted octanol–water partition coefficient (Wildman–Crippen LogP) is 4.42. The lowest BCUT2D eigenvalue weighted by atomic mass is 9.81. The minimum absolute atomic E-state index is 0.000475. The molecule has 0 aliphatic carbocycles. The third-order valence-electron chi connectivity index (χ3n) is 3.67. The van der Waals surface area contributed by atoms with Crippen LogP contribution in [0.2, 0.25) is 0 Å². The molecule has 2 N–H and O–H groups in total. The number of carboxylic acid groups (broad SMARTS) is 2. The molecule has 0 fully saturated rings. The molecule has 0 rings (SSSR count). The zero-order chi connectivity index (χ0) is 16.1. The van der Waals surface area contributed by atoms with E-state index >= 15 is 0 Å². The van der Waals surface area contributed by atoms with Crippen molar-refractivity contribution in [2.45, 2.75) is 64.7 Å². The number of allylic oxidation sites excluding steroid dienone is 3. The fourth-order valence-electron chi connectivity index (χ4n) is 2.22. The minimum Gasteiger partial charge on any atom is -0.480 e. The number of hydrogen-bond donors (Lipinski definition) is 2. The van der Waals surface area contributed by atoms with Crippen LogP contribution >= 0.6 is 0 Å². The Morgan fingerprint density at radius 3 is 2.05 bits per heavy atom. The van der Waals surface area contributed by atoms with Gasteiger partial charge in [-0.05, 0) is 25.7 Å². The topological polar surface area (TPSA) is 74.6 Å². The summed E-state index contributed by atoms with van der Waals surface area (Å²) in [7, 11) is 0. The predicted molar refractivity (Wildman–Crippen MR) is 84.3 cm³/mol. The smallest absolute Gasteiger partial charge is 0.321 e. The lowest BCUT2D eigenvalue weighted by molar-refractivity contribution is -0.164. The maximum absolute atomic E-state index is 11.3. The standard InChI is InChI=1S/C17H28O4/c1-3-5-6-7-8-9-10-11-12-14-17(13-4-2,15(18)19)16(20)21/h4,11-12H,2-3,5-10,13-14H2,1H3,(H,18,19)(H,20,21)/b12-11+. The van der Waals surface area contributed by atoms with Crippen molar-refractivity contribution >= 4 is 11.9 Å². The van der Waals surface area contributed by atoms with Gasteiger partial charge in [0.05, 0.1) is 0 Å². The van der Waals surface area contributed by atoms with Gasteiger partial charge in [0.15, 0.2) is 5.41 Å². The van der Waals surface area contributed by atoms with E-state index in [0.717, 1.165) is 12.8 Å². The van der Waals surface area contributed by atoms with Crippen molar-refractivity contribution in [2.24, 2.45) is 5.41 Å². The Balaban J connectivity index is 4.18. The molecule has 0 aromatic rings. The van der Waals surface area contributed by atoms with Crippen LogP contribution in [0.25, 0.3) is 0 Å². The van der Waals surface area contributed by atoms with Crippen LogP contribution in [0.15, 0.2) is 24.8 Å². The molecule has 0 radical (unpaired) electrons. The second-order valence-electron chi connectivity index (χ2n) is 5.42. The molecule has 0 spiro atoms. The maximum atomic E-state index is 11.3. The largest absolute Gasteiger partial charge is 0.480 e. The van der Waals surface area contributed by atoms with E-state index in [1.807, 2.05) is 6.08 Å². The molecule has 0 aliphatic rings. The molecule has 0 heterocycles. The van der Waals surface area contributed by atoms with Crippen molar-refractivity contribution in [3.05, 3.63) is 24.8 Å². The zero-order valence-corrected chi connectivity index (χ0v) is 13.0. The molecule has 0 amide bonds. The average Bonchev–Trinajstić information content (AvgIpc) is 2.43. The molecular formula is C17H28O4. The molecule has 0 aromatic heterocycles. The van der Waals surface area contributed by atoms with E-state index in [1.54, 1.807) is 6.08 Å². The molecule has 120 valence electrons. The first kappa shape index (κ1) is 19.4. The van der Waals surface area contributed by atoms with Gasteiger partial charge in [0.2, 0.25) is 0 Å². The first-order valence-electron chi connectivity index (χ1n) is 7.74. The van der Waals surface area contributed by atoms with Gasteiger partial charge >= 0.3 is 11.9 Å². The Morgan fingerprint density at radius 1 is 0.952 bits per heavy atom. The van der Waals surface area contributed by atoms with Crippen molar-refractivity contribution in [3.8, 4) is 0 Å². The highest BCUT2D eigenvalue weighted by atomic mass is 16.4. The van der Waals surface area contributed by atoms with Crippen LogP contribution < -0.4 is 0 Å². The number of carboxylic acids is 2. The van der Waals surface area contributed by atoms with Crippen LogP contribution in [-0.2, 0) is 9.59 Å². The first-order valence-corrected chi connectivity index (χ1v) is 7.74. The monoisotopic (exact) mass is 296 g/mol. The summed E-state index contributed by atoms with van der Waals surface area (Å²) >= 11 is 0. The molecule has 4 heteroatoms. The Labute approximate surface area is 127 Å². The van der Waals surface area contributed by atoms with Crippen LogP contribution in [-0.4, -0.2) is 22.2 Å². The minimum atomic E-state index is -1.78. The molecule has 0 bridgehead atoms. The number of hydrogen-bond acceptors (Lipinski definition) is 2. The fourth-order valence-corrected chi connectivity index (χ4v) is 2.22. The maximum Gasteiger partial charge on any atom is 0.321 e. The van der Waals surface area contributed by atoms with Crippen molar-refractivity contribution in [1.82, 2.24) is 0 Å². The summed E-state index contributed by atoms with van der Waals surface area (Å²) in [5.41, 5.74) is -1.78. The van der Waals surface area contributed by atoms with Gasteiger partial charge in [-0.3, -0.25) is 9.59 Å². The van der Waals surface area contributed by atoms with Crippen LogP contribution in [0.4, 0.5) is 0 Å². The average molecular weight is 296 g/mol. The summed E-state index contributed by atoms with van der Waals surface area (Å²) < 4.78 is 0. The Morgan fingerprint density at radius 2 is 1.52 bits per heavy atom. The molecule has 21 heavy (non-hydrogen) atoms. The van der Waals surface area contributed by atoms with Gasteiger partial charge in [0.25, 0.3) is 0 Å². The first-order chi connectivity index (χ1) is 10.0. The Kier molecular flexibility index (Phi) is 10.3. The number of unbranched alkanes of at least 4 members (excludes halogenated alkanes) is 6. The molecule has 0 saturated heterocycles. The van der Waals surface area contributed by atoms with Crippen LogP contribution in [0.1, 0.15) is 64.7 Å². The highest BCUT2D eigenvalue weighted by molar-refractivity contribution is 5.98. The number of carbonyl (C=O) groups is 2. The van der Waals surface area contributed by atoms with Crippen LogP contribution in [0, 0.1) is 5.41 Å². The van der Waals surface area contributed by atoms with E-state index in [2.05, 4.69) is 13.5 Å². The van der Waals surface area contributed by atoms with Gasteiger partial charge in [-0.2, -0.15) is 0 Å². The fraction of sp³-hybridized carbons (Fsp3) is 0.647. The summed E-state index contributed by atoms with van der Waals surface area (Å²) in [6.45, 7) is 5.64. The van der Waals surface area contributed by atoms with Gasteiger partial charge in [0, 0.05) is 0 Å². The van der Waals surface area contributed by atoms with Gasteiger partial charge < -0.3 is 10.2 Å². The second kappa shape index (κ2) is 11.1. The molecule has 0 saturated carbocycles. The van der Waals surface area contributed by atoms with E-state index in [9.17, 15) is 19.8 Å². The summed E-state index contributed by atoms with van der Waals surface area (Å²) in [5, 5.41) is 18.4. The van der Waals surface area contributed by atoms with Crippen molar-refractivity contribution in [3.63, 3.8) is 0 Å². The molecule has 0 unspecified atom stereocenters. The lowest BCUT2D eigenvalue weighted by Gasteiger charge is -2.21. The third kappa shape index (κ3) is 7.11. The van der Waals surface area contributed by atoms with Gasteiger partial charge in [-0.15, -0.1) is 6.58 Å². The van der Waals surface area contributed by atoms with Crippen molar-refractivity contribution in [1.29, 1.82) is 0 Å². The lowest BCUT2D eigenvalue weighted by Crippen LogP contribution is -2.38. The Bertz CT molecular complexity index is 344. The Hall–Kier alpha value is -1.58. The van der Waals surface area contributed by atoms with Gasteiger partial charge in [0.1, 0.15) is 0 Å². The summed E-state index contributed by atoms with van der Waals surface area (Å²) in [4.78, 5) is 22.5. The van der Waals surface area contributed by atoms with Gasteiger partial charge in [-0.1, -0.05) is 57.3 Å².